The first-order valence-electron chi connectivity index (χ1n) is 6.00. The molecule has 0 saturated heterocycles. The van der Waals surface area contributed by atoms with Crippen LogP contribution in [-0.2, 0) is 4.79 Å². The van der Waals surface area contributed by atoms with Gasteiger partial charge in [-0.2, -0.15) is 0 Å². The minimum Gasteiger partial charge on any atom is -0.398 e. The normalized spacial score (nSPS) is 12.2. The number of nitrogen functional groups attached to an aromatic ring is 1. The number of benzene rings is 2. The van der Waals surface area contributed by atoms with Gasteiger partial charge in [0, 0.05) is 15.7 Å². The van der Waals surface area contributed by atoms with Crippen molar-refractivity contribution in [2.45, 2.75) is 12.8 Å². The van der Waals surface area contributed by atoms with Crippen molar-refractivity contribution in [2.24, 2.45) is 5.73 Å². The summed E-state index contributed by atoms with van der Waals surface area (Å²) in [6.07, 6.45) is 0. The summed E-state index contributed by atoms with van der Waals surface area (Å²) in [7, 11) is 0. The number of carbonyl (C=O) groups excluding carboxylic acids is 1. The van der Waals surface area contributed by atoms with Gasteiger partial charge in [-0.3, -0.25) is 4.79 Å². The zero-order valence-corrected chi connectivity index (χ0v) is 12.4. The molecule has 0 aliphatic heterocycles. The fourth-order valence-corrected chi connectivity index (χ4v) is 2.50. The van der Waals surface area contributed by atoms with Gasteiger partial charge in [-0.15, -0.1) is 0 Å². The van der Waals surface area contributed by atoms with Crippen LogP contribution in [0.5, 0.6) is 0 Å². The van der Waals surface area contributed by atoms with E-state index in [1.165, 1.54) is 0 Å². The first-order chi connectivity index (χ1) is 9.40. The highest BCUT2D eigenvalue weighted by atomic mass is 35.5. The molecule has 0 radical (unpaired) electrons. The molecule has 5 heteroatoms. The minimum absolute atomic E-state index is 0.423. The van der Waals surface area contributed by atoms with E-state index in [-0.39, 0.29) is 0 Å². The summed E-state index contributed by atoms with van der Waals surface area (Å²) in [5.41, 5.74) is 14.2. The quantitative estimate of drug-likeness (QED) is 0.852. The second-order valence-electron chi connectivity index (χ2n) is 4.62. The van der Waals surface area contributed by atoms with Crippen molar-refractivity contribution >= 4 is 34.8 Å². The van der Waals surface area contributed by atoms with E-state index in [1.54, 1.807) is 36.4 Å². The average molecular weight is 309 g/mol. The van der Waals surface area contributed by atoms with Crippen molar-refractivity contribution in [2.75, 3.05) is 5.73 Å². The van der Waals surface area contributed by atoms with Crippen molar-refractivity contribution < 1.29 is 4.79 Å². The van der Waals surface area contributed by atoms with E-state index in [1.807, 2.05) is 6.92 Å². The summed E-state index contributed by atoms with van der Waals surface area (Å²) < 4.78 is 0. The Balaban J connectivity index is 2.57. The maximum atomic E-state index is 11.8. The van der Waals surface area contributed by atoms with Crippen LogP contribution in [0.3, 0.4) is 0 Å². The number of nitrogens with two attached hydrogens (primary N) is 2. The number of anilines is 1. The molecule has 0 heterocycles. The van der Waals surface area contributed by atoms with Gasteiger partial charge in [0.25, 0.3) is 0 Å². The van der Waals surface area contributed by atoms with Crippen molar-refractivity contribution in [1.82, 2.24) is 0 Å². The molecule has 104 valence electrons. The van der Waals surface area contributed by atoms with Gasteiger partial charge in [0.2, 0.25) is 5.91 Å². The molecule has 0 aliphatic carbocycles. The zero-order chi connectivity index (χ0) is 14.9. The number of carbonyl (C=O) groups is 1. The lowest BCUT2D eigenvalue weighted by atomic mass is 9.89. The number of halogens is 2. The second kappa shape index (κ2) is 5.73. The number of rotatable bonds is 3. The van der Waals surface area contributed by atoms with E-state index >= 15 is 0 Å². The number of hydrogen-bond acceptors (Lipinski definition) is 2. The highest BCUT2D eigenvalue weighted by Crippen LogP contribution is 2.33. The molecule has 2 aromatic rings. The first-order valence-corrected chi connectivity index (χ1v) is 6.76. The third-order valence-electron chi connectivity index (χ3n) is 3.18. The third kappa shape index (κ3) is 2.89. The number of hydrogen-bond donors (Lipinski definition) is 2. The van der Waals surface area contributed by atoms with E-state index < -0.39 is 11.8 Å². The van der Waals surface area contributed by atoms with Crippen molar-refractivity contribution in [3.8, 4) is 0 Å². The Morgan fingerprint density at radius 2 is 1.75 bits per heavy atom. The molecule has 0 unspecified atom stereocenters. The van der Waals surface area contributed by atoms with Crippen LogP contribution in [0.15, 0.2) is 36.4 Å². The molecule has 0 bridgehead atoms. The van der Waals surface area contributed by atoms with Crippen LogP contribution < -0.4 is 11.5 Å². The van der Waals surface area contributed by atoms with Crippen LogP contribution in [-0.4, -0.2) is 5.91 Å². The van der Waals surface area contributed by atoms with Crippen molar-refractivity contribution in [3.05, 3.63) is 63.1 Å². The Morgan fingerprint density at radius 3 is 2.30 bits per heavy atom. The van der Waals surface area contributed by atoms with E-state index in [0.29, 0.717) is 21.3 Å². The highest BCUT2D eigenvalue weighted by molar-refractivity contribution is 6.32. The van der Waals surface area contributed by atoms with Crippen LogP contribution in [0.4, 0.5) is 5.69 Å². The number of primary amides is 1. The maximum Gasteiger partial charge on any atom is 0.229 e. The summed E-state index contributed by atoms with van der Waals surface area (Å²) >= 11 is 12.1. The lowest BCUT2D eigenvalue weighted by Gasteiger charge is -2.17. The molecule has 2 aromatic carbocycles. The Hall–Kier alpha value is -1.71. The summed E-state index contributed by atoms with van der Waals surface area (Å²) in [5, 5.41) is 1.02. The van der Waals surface area contributed by atoms with Gasteiger partial charge >= 0.3 is 0 Å². The smallest absolute Gasteiger partial charge is 0.229 e. The van der Waals surface area contributed by atoms with Gasteiger partial charge < -0.3 is 11.5 Å². The summed E-state index contributed by atoms with van der Waals surface area (Å²) in [4.78, 5) is 11.8. The molecule has 20 heavy (non-hydrogen) atoms. The topological polar surface area (TPSA) is 69.1 Å². The van der Waals surface area contributed by atoms with Crippen LogP contribution in [0.2, 0.25) is 10.0 Å². The van der Waals surface area contributed by atoms with Gasteiger partial charge in [-0.05, 0) is 41.8 Å². The molecule has 2 rings (SSSR count). The summed E-state index contributed by atoms with van der Waals surface area (Å²) in [6, 6.07) is 10.4. The molecule has 1 atom stereocenters. The van der Waals surface area contributed by atoms with Gasteiger partial charge in [-0.1, -0.05) is 41.4 Å². The highest BCUT2D eigenvalue weighted by Gasteiger charge is 2.23. The molecule has 0 saturated carbocycles. The second-order valence-corrected chi connectivity index (χ2v) is 5.46. The SMILES string of the molecule is Cc1cc([C@H](C(N)=O)c2ccc(Cl)cc2)c(Cl)cc1N. The minimum atomic E-state index is -0.626. The third-order valence-corrected chi connectivity index (χ3v) is 3.76. The lowest BCUT2D eigenvalue weighted by molar-refractivity contribution is -0.118. The Bertz CT molecular complexity index is 654. The van der Waals surface area contributed by atoms with Crippen LogP contribution >= 0.6 is 23.2 Å². The monoisotopic (exact) mass is 308 g/mol. The van der Waals surface area contributed by atoms with E-state index in [4.69, 9.17) is 34.7 Å². The van der Waals surface area contributed by atoms with Crippen LogP contribution in [0.1, 0.15) is 22.6 Å². The first kappa shape index (κ1) is 14.7. The Labute approximate surface area is 127 Å². The molecular weight excluding hydrogens is 295 g/mol. The van der Waals surface area contributed by atoms with Gasteiger partial charge in [-0.25, -0.2) is 0 Å². The maximum absolute atomic E-state index is 11.8. The van der Waals surface area contributed by atoms with Crippen molar-refractivity contribution in [1.29, 1.82) is 0 Å². The predicted octanol–water partition coefficient (Wildman–Crippen LogP) is 3.50. The summed E-state index contributed by atoms with van der Waals surface area (Å²) in [6.45, 7) is 1.86. The predicted molar refractivity (Wildman–Crippen MR) is 83.1 cm³/mol. The molecule has 0 aliphatic rings. The van der Waals surface area contributed by atoms with Crippen molar-refractivity contribution in [3.63, 3.8) is 0 Å². The molecule has 3 nitrogen and oxygen atoms in total. The fourth-order valence-electron chi connectivity index (χ4n) is 2.09. The van der Waals surface area contributed by atoms with Crippen LogP contribution in [0, 0.1) is 6.92 Å². The Kier molecular flexibility index (Phi) is 4.21. The zero-order valence-electron chi connectivity index (χ0n) is 10.9. The standard InChI is InChI=1S/C15H14Cl2N2O/c1-8-6-11(12(17)7-13(8)18)14(15(19)20)9-2-4-10(16)5-3-9/h2-7,14H,18H2,1H3,(H2,19,20)/t14-/m1/s1. The largest absolute Gasteiger partial charge is 0.398 e. The van der Waals surface area contributed by atoms with E-state index in [0.717, 1.165) is 11.1 Å². The molecule has 0 fully saturated rings. The summed E-state index contributed by atoms with van der Waals surface area (Å²) in [5.74, 6) is -1.10. The number of amides is 1. The van der Waals surface area contributed by atoms with Crippen LogP contribution in [0.25, 0.3) is 0 Å². The van der Waals surface area contributed by atoms with E-state index in [9.17, 15) is 4.79 Å². The molecule has 4 N–H and O–H groups in total. The number of aryl methyl sites for hydroxylation is 1. The molecule has 0 spiro atoms. The lowest BCUT2D eigenvalue weighted by Crippen LogP contribution is -2.23. The van der Waals surface area contributed by atoms with Gasteiger partial charge in [0.05, 0.1) is 5.92 Å². The van der Waals surface area contributed by atoms with Gasteiger partial charge in [0.1, 0.15) is 0 Å². The fraction of sp³-hybridized carbons (Fsp3) is 0.133. The molecular formula is C15H14Cl2N2O. The van der Waals surface area contributed by atoms with E-state index in [2.05, 4.69) is 0 Å². The average Bonchev–Trinajstić information content (AvgIpc) is 2.38. The molecule has 0 aromatic heterocycles. The molecule has 1 amide bonds. The van der Waals surface area contributed by atoms with Gasteiger partial charge in [0.15, 0.2) is 0 Å². The Morgan fingerprint density at radius 1 is 1.15 bits per heavy atom.